The zero-order chi connectivity index (χ0) is 15.8. The van der Waals surface area contributed by atoms with E-state index in [0.29, 0.717) is 13.0 Å². The predicted octanol–water partition coefficient (Wildman–Crippen LogP) is 1.97. The summed E-state index contributed by atoms with van der Waals surface area (Å²) in [5.74, 6) is -1.44. The van der Waals surface area contributed by atoms with Crippen molar-refractivity contribution in [2.45, 2.75) is 37.3 Å². The Morgan fingerprint density at radius 3 is 2.67 bits per heavy atom. The van der Waals surface area contributed by atoms with E-state index in [1.165, 1.54) is 6.92 Å². The molecule has 1 aromatic rings. The number of amides is 1. The van der Waals surface area contributed by atoms with Crippen molar-refractivity contribution >= 4 is 25.6 Å². The fourth-order valence-electron chi connectivity index (χ4n) is 2.21. The molecule has 1 fully saturated rings. The van der Waals surface area contributed by atoms with E-state index in [2.05, 4.69) is 5.32 Å². The van der Waals surface area contributed by atoms with Gasteiger partial charge >= 0.3 is 0 Å². The van der Waals surface area contributed by atoms with Crippen LogP contribution in [0.1, 0.15) is 29.3 Å². The van der Waals surface area contributed by atoms with Crippen LogP contribution < -0.4 is 5.32 Å². The van der Waals surface area contributed by atoms with Crippen molar-refractivity contribution in [3.8, 4) is 0 Å². The number of carbonyl (C=O) groups is 1. The van der Waals surface area contributed by atoms with Gasteiger partial charge in [-0.05, 0) is 38.0 Å². The molecule has 0 saturated carbocycles. The number of carbonyl (C=O) groups excluding carboxylic acids is 1. The maximum atomic E-state index is 14.1. The fraction of sp³-hybridized carbons (Fsp3) is 0.462. The van der Waals surface area contributed by atoms with Crippen molar-refractivity contribution in [3.63, 3.8) is 0 Å². The van der Waals surface area contributed by atoms with Gasteiger partial charge in [0.1, 0.15) is 5.82 Å². The lowest BCUT2D eigenvalue weighted by Crippen LogP contribution is -2.39. The van der Waals surface area contributed by atoms with Crippen molar-refractivity contribution in [1.29, 1.82) is 0 Å². The average molecular weight is 336 g/mol. The number of halogens is 2. The second-order valence-electron chi connectivity index (χ2n) is 4.98. The molecule has 0 bridgehead atoms. The average Bonchev–Trinajstić information content (AvgIpc) is 2.76. The third-order valence-corrected chi connectivity index (χ3v) is 4.78. The summed E-state index contributed by atoms with van der Waals surface area (Å²) in [5, 5.41) is 2.65. The van der Waals surface area contributed by atoms with Gasteiger partial charge in [0.05, 0.1) is 22.6 Å². The molecule has 2 atom stereocenters. The number of rotatable bonds is 3. The monoisotopic (exact) mass is 335 g/mol. The first-order chi connectivity index (χ1) is 9.70. The molecule has 0 aromatic heterocycles. The van der Waals surface area contributed by atoms with E-state index in [0.717, 1.165) is 12.1 Å². The molecule has 0 radical (unpaired) electrons. The van der Waals surface area contributed by atoms with E-state index < -0.39 is 20.8 Å². The molecular formula is C13H15ClFNO4S. The molecule has 1 amide bonds. The number of aryl methyl sites for hydroxylation is 1. The summed E-state index contributed by atoms with van der Waals surface area (Å²) in [6.45, 7) is 3.70. The fourth-order valence-corrected chi connectivity index (χ4v) is 3.05. The molecule has 1 heterocycles. The smallest absolute Gasteiger partial charge is 0.261 e. The summed E-state index contributed by atoms with van der Waals surface area (Å²) in [6, 6.07) is 1.81. The first-order valence-corrected chi connectivity index (χ1v) is 8.68. The summed E-state index contributed by atoms with van der Waals surface area (Å²) < 4.78 is 42.1. The van der Waals surface area contributed by atoms with Crippen LogP contribution in [0.4, 0.5) is 4.39 Å². The second kappa shape index (κ2) is 5.90. The summed E-state index contributed by atoms with van der Waals surface area (Å²) in [5.41, 5.74) is -0.300. The van der Waals surface area contributed by atoms with Gasteiger partial charge in [-0.15, -0.1) is 0 Å². The largest absolute Gasteiger partial charge is 0.376 e. The highest BCUT2D eigenvalue weighted by Gasteiger charge is 2.28. The summed E-state index contributed by atoms with van der Waals surface area (Å²) in [7, 11) is 1.22. The van der Waals surface area contributed by atoms with Crippen LogP contribution in [0.5, 0.6) is 0 Å². The Morgan fingerprint density at radius 1 is 1.48 bits per heavy atom. The van der Waals surface area contributed by atoms with Gasteiger partial charge in [0.15, 0.2) is 0 Å². The lowest BCUT2D eigenvalue weighted by molar-refractivity contribution is 0.0862. The Hall–Kier alpha value is -1.18. The molecular weight excluding hydrogens is 321 g/mol. The Bertz CT molecular complexity index is 677. The van der Waals surface area contributed by atoms with Crippen LogP contribution in [0, 0.1) is 12.7 Å². The normalized spacial score (nSPS) is 22.3. The Morgan fingerprint density at radius 2 is 2.14 bits per heavy atom. The third-order valence-electron chi connectivity index (χ3n) is 3.45. The van der Waals surface area contributed by atoms with E-state index >= 15 is 0 Å². The highest BCUT2D eigenvalue weighted by Crippen LogP contribution is 2.23. The van der Waals surface area contributed by atoms with E-state index in [1.54, 1.807) is 6.92 Å². The summed E-state index contributed by atoms with van der Waals surface area (Å²) in [6.07, 6.45) is 0.458. The lowest BCUT2D eigenvalue weighted by Gasteiger charge is -2.17. The Labute approximate surface area is 126 Å². The van der Waals surface area contributed by atoms with Gasteiger partial charge in [0.25, 0.3) is 15.0 Å². The standard InChI is InChI=1S/C13H15ClFNO4S/c1-7-5-9(21(14,18)19)6-10(12(7)15)13(17)16-11-3-4-20-8(11)2/h5-6,8,11H,3-4H2,1-2H3,(H,16,17). The van der Waals surface area contributed by atoms with Gasteiger partial charge in [0, 0.05) is 17.3 Å². The summed E-state index contributed by atoms with van der Waals surface area (Å²) in [4.78, 5) is 11.9. The van der Waals surface area contributed by atoms with Crippen molar-refractivity contribution in [2.75, 3.05) is 6.61 Å². The number of hydrogen-bond acceptors (Lipinski definition) is 4. The highest BCUT2D eigenvalue weighted by molar-refractivity contribution is 8.13. The van der Waals surface area contributed by atoms with E-state index in [9.17, 15) is 17.6 Å². The van der Waals surface area contributed by atoms with Crippen LogP contribution in [-0.4, -0.2) is 33.1 Å². The molecule has 1 aliphatic heterocycles. The predicted molar refractivity (Wildman–Crippen MR) is 75.5 cm³/mol. The SMILES string of the molecule is Cc1cc(S(=O)(=O)Cl)cc(C(=O)NC2CCOC2C)c1F. The molecule has 1 saturated heterocycles. The molecule has 8 heteroatoms. The van der Waals surface area contributed by atoms with Gasteiger partial charge in [-0.1, -0.05) is 0 Å². The molecule has 1 aliphatic rings. The minimum atomic E-state index is -4.04. The highest BCUT2D eigenvalue weighted by atomic mass is 35.7. The van der Waals surface area contributed by atoms with Gasteiger partial charge in [0.2, 0.25) is 0 Å². The van der Waals surface area contributed by atoms with Gasteiger partial charge in [-0.25, -0.2) is 12.8 Å². The molecule has 2 rings (SSSR count). The van der Waals surface area contributed by atoms with Gasteiger partial charge in [-0.2, -0.15) is 0 Å². The van der Waals surface area contributed by atoms with Gasteiger partial charge < -0.3 is 10.1 Å². The summed E-state index contributed by atoms with van der Waals surface area (Å²) >= 11 is 0. The van der Waals surface area contributed by atoms with E-state index in [-0.39, 0.29) is 28.2 Å². The number of nitrogens with one attached hydrogen (secondary N) is 1. The number of benzene rings is 1. The molecule has 5 nitrogen and oxygen atoms in total. The van der Waals surface area contributed by atoms with Crippen molar-refractivity contribution in [2.24, 2.45) is 0 Å². The van der Waals surface area contributed by atoms with Gasteiger partial charge in [-0.3, -0.25) is 4.79 Å². The number of ether oxygens (including phenoxy) is 1. The number of hydrogen-bond donors (Lipinski definition) is 1. The topological polar surface area (TPSA) is 72.5 Å². The molecule has 1 N–H and O–H groups in total. The van der Waals surface area contributed by atoms with Crippen LogP contribution in [0.25, 0.3) is 0 Å². The Kier molecular flexibility index (Phi) is 4.55. The maximum Gasteiger partial charge on any atom is 0.261 e. The van der Waals surface area contributed by atoms with Crippen LogP contribution >= 0.6 is 10.7 Å². The molecule has 21 heavy (non-hydrogen) atoms. The first-order valence-electron chi connectivity index (χ1n) is 6.37. The quantitative estimate of drug-likeness (QED) is 0.857. The van der Waals surface area contributed by atoms with Crippen molar-refractivity contribution in [1.82, 2.24) is 5.32 Å². The minimum Gasteiger partial charge on any atom is -0.376 e. The minimum absolute atomic E-state index is 0.0394. The Balaban J connectivity index is 2.34. The second-order valence-corrected chi connectivity index (χ2v) is 7.55. The van der Waals surface area contributed by atoms with Crippen LogP contribution in [0.2, 0.25) is 0 Å². The third kappa shape index (κ3) is 3.53. The van der Waals surface area contributed by atoms with E-state index in [1.807, 2.05) is 0 Å². The molecule has 2 unspecified atom stereocenters. The molecule has 0 spiro atoms. The lowest BCUT2D eigenvalue weighted by atomic mass is 10.1. The molecule has 116 valence electrons. The molecule has 1 aromatic carbocycles. The van der Waals surface area contributed by atoms with Crippen LogP contribution in [0.3, 0.4) is 0 Å². The maximum absolute atomic E-state index is 14.1. The van der Waals surface area contributed by atoms with E-state index in [4.69, 9.17) is 15.4 Å². The van der Waals surface area contributed by atoms with Crippen LogP contribution in [0.15, 0.2) is 17.0 Å². The van der Waals surface area contributed by atoms with Crippen molar-refractivity contribution in [3.05, 3.63) is 29.1 Å². The van der Waals surface area contributed by atoms with Crippen molar-refractivity contribution < 1.29 is 22.3 Å². The molecule has 0 aliphatic carbocycles. The first kappa shape index (κ1) is 16.2. The zero-order valence-corrected chi connectivity index (χ0v) is 13.1. The van der Waals surface area contributed by atoms with Crippen LogP contribution in [-0.2, 0) is 13.8 Å². The zero-order valence-electron chi connectivity index (χ0n) is 11.5.